The molecule has 0 atom stereocenters. The summed E-state index contributed by atoms with van der Waals surface area (Å²) in [4.78, 5) is 18.8. The largest absolute Gasteiger partial charge is 0.339 e. The Balaban J connectivity index is 2.11. The van der Waals surface area contributed by atoms with E-state index in [1.165, 1.54) is 0 Å². The summed E-state index contributed by atoms with van der Waals surface area (Å²) in [6.45, 7) is 3.80. The second-order valence-corrected chi connectivity index (χ2v) is 4.83. The quantitative estimate of drug-likeness (QED) is 0.768. The lowest BCUT2D eigenvalue weighted by atomic mass is 10.1. The van der Waals surface area contributed by atoms with Gasteiger partial charge in [0.15, 0.2) is 0 Å². The smallest absolute Gasteiger partial charge is 0.256 e. The summed E-state index contributed by atoms with van der Waals surface area (Å²) >= 11 is 0. The number of aromatic nitrogens is 1. The molecular formula is C15H16N2O. The highest BCUT2D eigenvalue weighted by Gasteiger charge is 2.21. The molecular weight excluding hydrogens is 224 g/mol. The molecule has 0 saturated carbocycles. The van der Waals surface area contributed by atoms with Crippen molar-refractivity contribution >= 4 is 16.8 Å². The molecule has 0 N–H and O–H groups in total. The summed E-state index contributed by atoms with van der Waals surface area (Å²) < 4.78 is 0. The lowest BCUT2D eigenvalue weighted by molar-refractivity contribution is 0.0794. The summed E-state index contributed by atoms with van der Waals surface area (Å²) in [6.07, 6.45) is 4.00. The summed E-state index contributed by atoms with van der Waals surface area (Å²) in [7, 11) is 0. The normalized spacial score (nSPS) is 15.3. The van der Waals surface area contributed by atoms with Gasteiger partial charge in [-0.1, -0.05) is 12.1 Å². The number of hydrogen-bond donors (Lipinski definition) is 0. The van der Waals surface area contributed by atoms with Gasteiger partial charge in [0.05, 0.1) is 11.1 Å². The Morgan fingerprint density at radius 2 is 2.00 bits per heavy atom. The molecule has 1 amide bonds. The Hall–Kier alpha value is -1.90. The standard InChI is InChI=1S/C15H16N2O/c1-11-7-8-16-14-12(11)5-4-6-13(14)15(18)17-9-2-3-10-17/h4-8H,2-3,9-10H2,1H3. The first-order chi connectivity index (χ1) is 8.77. The predicted octanol–water partition coefficient (Wildman–Crippen LogP) is 2.78. The molecule has 3 heteroatoms. The van der Waals surface area contributed by atoms with Crippen LogP contribution in [0.2, 0.25) is 0 Å². The van der Waals surface area contributed by atoms with Crippen LogP contribution in [0.4, 0.5) is 0 Å². The number of hydrogen-bond acceptors (Lipinski definition) is 2. The van der Waals surface area contributed by atoms with Crippen molar-refractivity contribution in [3.63, 3.8) is 0 Å². The van der Waals surface area contributed by atoms with Crippen molar-refractivity contribution in [1.29, 1.82) is 0 Å². The molecule has 0 bridgehead atoms. The first kappa shape index (κ1) is 11.2. The molecule has 3 nitrogen and oxygen atoms in total. The van der Waals surface area contributed by atoms with Gasteiger partial charge in [0.2, 0.25) is 0 Å². The highest BCUT2D eigenvalue weighted by Crippen LogP contribution is 2.22. The van der Waals surface area contributed by atoms with E-state index in [2.05, 4.69) is 4.98 Å². The van der Waals surface area contributed by atoms with Crippen molar-refractivity contribution in [3.8, 4) is 0 Å². The van der Waals surface area contributed by atoms with Crippen LogP contribution in [0, 0.1) is 6.92 Å². The van der Waals surface area contributed by atoms with Crippen LogP contribution >= 0.6 is 0 Å². The van der Waals surface area contributed by atoms with Crippen LogP contribution < -0.4 is 0 Å². The minimum Gasteiger partial charge on any atom is -0.339 e. The van der Waals surface area contributed by atoms with Gasteiger partial charge < -0.3 is 4.90 Å². The molecule has 2 aromatic rings. The Morgan fingerprint density at radius 3 is 2.78 bits per heavy atom. The average molecular weight is 240 g/mol. The predicted molar refractivity (Wildman–Crippen MR) is 71.6 cm³/mol. The Bertz CT molecular complexity index is 600. The van der Waals surface area contributed by atoms with Crippen LogP contribution in [0.5, 0.6) is 0 Å². The molecule has 0 spiro atoms. The lowest BCUT2D eigenvalue weighted by Gasteiger charge is -2.16. The minimum atomic E-state index is 0.121. The molecule has 1 aliphatic rings. The van der Waals surface area contributed by atoms with E-state index in [9.17, 15) is 4.79 Å². The van der Waals surface area contributed by atoms with E-state index in [0.29, 0.717) is 0 Å². The zero-order chi connectivity index (χ0) is 12.5. The van der Waals surface area contributed by atoms with Crippen molar-refractivity contribution in [2.24, 2.45) is 0 Å². The Labute approximate surface area is 106 Å². The van der Waals surface area contributed by atoms with Crippen LogP contribution in [0.1, 0.15) is 28.8 Å². The summed E-state index contributed by atoms with van der Waals surface area (Å²) in [5.41, 5.74) is 2.73. The van der Waals surface area contributed by atoms with Gasteiger partial charge in [0.1, 0.15) is 0 Å². The van der Waals surface area contributed by atoms with Crippen LogP contribution in [0.3, 0.4) is 0 Å². The van der Waals surface area contributed by atoms with Crippen LogP contribution in [0.15, 0.2) is 30.5 Å². The van der Waals surface area contributed by atoms with Crippen LogP contribution in [-0.4, -0.2) is 28.9 Å². The zero-order valence-electron chi connectivity index (χ0n) is 10.5. The molecule has 92 valence electrons. The van der Waals surface area contributed by atoms with Gasteiger partial charge in [-0.25, -0.2) is 0 Å². The van der Waals surface area contributed by atoms with Gasteiger partial charge in [0, 0.05) is 24.7 Å². The fraction of sp³-hybridized carbons (Fsp3) is 0.333. The fourth-order valence-corrected chi connectivity index (χ4v) is 2.58. The summed E-state index contributed by atoms with van der Waals surface area (Å²) in [5, 5.41) is 1.07. The molecule has 1 saturated heterocycles. The van der Waals surface area contributed by atoms with Crippen molar-refractivity contribution in [1.82, 2.24) is 9.88 Å². The molecule has 0 radical (unpaired) electrons. The summed E-state index contributed by atoms with van der Waals surface area (Å²) in [6, 6.07) is 7.83. The topological polar surface area (TPSA) is 33.2 Å². The summed E-state index contributed by atoms with van der Waals surface area (Å²) in [5.74, 6) is 0.121. The van der Waals surface area contributed by atoms with Crippen molar-refractivity contribution in [2.45, 2.75) is 19.8 Å². The maximum Gasteiger partial charge on any atom is 0.256 e. The number of carbonyl (C=O) groups is 1. The Kier molecular flexibility index (Phi) is 2.74. The number of rotatable bonds is 1. The highest BCUT2D eigenvalue weighted by molar-refractivity contribution is 6.06. The molecule has 1 aliphatic heterocycles. The number of pyridine rings is 1. The van der Waals surface area contributed by atoms with Gasteiger partial charge in [-0.05, 0) is 37.5 Å². The second-order valence-electron chi connectivity index (χ2n) is 4.83. The van der Waals surface area contributed by atoms with Gasteiger partial charge in [-0.3, -0.25) is 9.78 Å². The first-order valence-electron chi connectivity index (χ1n) is 6.41. The third kappa shape index (κ3) is 1.76. The molecule has 2 heterocycles. The van der Waals surface area contributed by atoms with Gasteiger partial charge in [-0.15, -0.1) is 0 Å². The maximum absolute atomic E-state index is 12.5. The number of amides is 1. The maximum atomic E-state index is 12.5. The first-order valence-corrected chi connectivity index (χ1v) is 6.41. The number of carbonyl (C=O) groups excluding carboxylic acids is 1. The average Bonchev–Trinajstić information content (AvgIpc) is 2.92. The number of aryl methyl sites for hydroxylation is 1. The molecule has 0 aliphatic carbocycles. The van der Waals surface area contributed by atoms with Crippen LogP contribution in [-0.2, 0) is 0 Å². The lowest BCUT2D eigenvalue weighted by Crippen LogP contribution is -2.27. The molecule has 18 heavy (non-hydrogen) atoms. The third-order valence-electron chi connectivity index (χ3n) is 3.61. The van der Waals surface area contributed by atoms with Gasteiger partial charge in [0.25, 0.3) is 5.91 Å². The van der Waals surface area contributed by atoms with E-state index in [-0.39, 0.29) is 5.91 Å². The minimum absolute atomic E-state index is 0.121. The number of benzene rings is 1. The number of likely N-dealkylation sites (tertiary alicyclic amines) is 1. The SMILES string of the molecule is Cc1ccnc2c(C(=O)N3CCCC3)cccc12. The molecule has 0 unspecified atom stereocenters. The number of para-hydroxylation sites is 1. The third-order valence-corrected chi connectivity index (χ3v) is 3.61. The van der Waals surface area contributed by atoms with Gasteiger partial charge >= 0.3 is 0 Å². The van der Waals surface area contributed by atoms with Crippen molar-refractivity contribution < 1.29 is 4.79 Å². The van der Waals surface area contributed by atoms with E-state index in [1.54, 1.807) is 6.20 Å². The van der Waals surface area contributed by atoms with E-state index >= 15 is 0 Å². The molecule has 1 aromatic heterocycles. The van der Waals surface area contributed by atoms with Crippen LogP contribution in [0.25, 0.3) is 10.9 Å². The monoisotopic (exact) mass is 240 g/mol. The van der Waals surface area contributed by atoms with E-state index in [4.69, 9.17) is 0 Å². The Morgan fingerprint density at radius 1 is 1.22 bits per heavy atom. The highest BCUT2D eigenvalue weighted by atomic mass is 16.2. The van der Waals surface area contributed by atoms with E-state index < -0.39 is 0 Å². The van der Waals surface area contributed by atoms with E-state index in [1.807, 2.05) is 36.1 Å². The van der Waals surface area contributed by atoms with E-state index in [0.717, 1.165) is 48.0 Å². The van der Waals surface area contributed by atoms with Gasteiger partial charge in [-0.2, -0.15) is 0 Å². The number of nitrogens with zero attached hydrogens (tertiary/aromatic N) is 2. The fourth-order valence-electron chi connectivity index (χ4n) is 2.58. The molecule has 1 fully saturated rings. The number of fused-ring (bicyclic) bond motifs is 1. The zero-order valence-corrected chi connectivity index (χ0v) is 10.5. The molecule has 3 rings (SSSR count). The molecule has 1 aromatic carbocycles. The second kappa shape index (κ2) is 4.41. The van der Waals surface area contributed by atoms with Crippen molar-refractivity contribution in [2.75, 3.05) is 13.1 Å². The van der Waals surface area contributed by atoms with Crippen molar-refractivity contribution in [3.05, 3.63) is 41.6 Å².